The topological polar surface area (TPSA) is 43.9 Å². The van der Waals surface area contributed by atoms with E-state index in [4.69, 9.17) is 0 Å². The van der Waals surface area contributed by atoms with Crippen LogP contribution in [-0.2, 0) is 9.59 Å². The van der Waals surface area contributed by atoms with Crippen molar-refractivity contribution in [2.75, 3.05) is 26.7 Å². The van der Waals surface area contributed by atoms with Gasteiger partial charge in [0.1, 0.15) is 6.17 Å². The Morgan fingerprint density at radius 2 is 1.56 bits per heavy atom. The van der Waals surface area contributed by atoms with Crippen LogP contribution in [0.15, 0.2) is 36.4 Å². The molecule has 1 aromatic carbocycles. The van der Waals surface area contributed by atoms with E-state index >= 15 is 0 Å². The Labute approximate surface area is 219 Å². The van der Waals surface area contributed by atoms with Crippen LogP contribution in [0.25, 0.3) is 0 Å². The maximum atomic E-state index is 12.8. The van der Waals surface area contributed by atoms with Crippen molar-refractivity contribution in [2.45, 2.75) is 115 Å². The average Bonchev–Trinajstić information content (AvgIpc) is 3.28. The zero-order valence-electron chi connectivity index (χ0n) is 23.2. The van der Waals surface area contributed by atoms with Gasteiger partial charge in [-0.1, -0.05) is 50.2 Å². The third-order valence-corrected chi connectivity index (χ3v) is 8.07. The summed E-state index contributed by atoms with van der Waals surface area (Å²) < 4.78 is 12.8. The Balaban J connectivity index is 0.000000219. The Kier molecular flexibility index (Phi) is 13.5. The van der Waals surface area contributed by atoms with E-state index in [0.29, 0.717) is 42.8 Å². The normalized spacial score (nSPS) is 23.8. The summed E-state index contributed by atoms with van der Waals surface area (Å²) in [4.78, 5) is 28.6. The van der Waals surface area contributed by atoms with E-state index in [2.05, 4.69) is 18.9 Å². The molecule has 2 aliphatic heterocycles. The van der Waals surface area contributed by atoms with Crippen LogP contribution in [-0.4, -0.2) is 77.5 Å². The fourth-order valence-corrected chi connectivity index (χ4v) is 5.28. The Hall–Kier alpha value is -1.95. The molecule has 2 saturated heterocycles. The molecule has 0 aromatic heterocycles. The second-order valence-corrected chi connectivity index (χ2v) is 10.5. The maximum Gasteiger partial charge on any atom is 0.222 e. The molecule has 4 fully saturated rings. The van der Waals surface area contributed by atoms with Gasteiger partial charge in [0.05, 0.1) is 0 Å². The quantitative estimate of drug-likeness (QED) is 0.423. The molecule has 204 valence electrons. The molecule has 0 bridgehead atoms. The highest BCUT2D eigenvalue weighted by atomic mass is 19.1. The lowest BCUT2D eigenvalue weighted by atomic mass is 9.88. The standard InChI is InChI=1S/C15H27FN2O.C7H11NO.C6H6.C2H6/c1-12(17(2)14-10-13(16)11-14)6-5-7-15(19)18-8-3-4-9-18;9-6-8-5-1-2-7(8)3-4-7;1-2-4-6-5-3-1;1-2/h12-14H,3-11H2,1-2H3;6H,1-5H2;1-6H;1-2H3. The van der Waals surface area contributed by atoms with E-state index < -0.39 is 6.17 Å². The SMILES string of the molecule is CC.CC(CCCC(=O)N1CCCC1)N(C)C1CC(F)C1.O=CN1CCCC12CC2.c1ccccc1. The number of amides is 2. The fraction of sp³-hybridized carbons (Fsp3) is 0.733. The number of nitrogens with zero attached hydrogens (tertiary/aromatic N) is 3. The Bertz CT molecular complexity index is 704. The van der Waals surface area contributed by atoms with Gasteiger partial charge in [-0.15, -0.1) is 0 Å². The number of hydrogen-bond donors (Lipinski definition) is 0. The third-order valence-electron chi connectivity index (χ3n) is 8.07. The van der Waals surface area contributed by atoms with E-state index in [9.17, 15) is 14.0 Å². The minimum atomic E-state index is -0.587. The number of hydrogen-bond acceptors (Lipinski definition) is 3. The largest absolute Gasteiger partial charge is 0.343 e. The third kappa shape index (κ3) is 9.49. The van der Waals surface area contributed by atoms with Crippen molar-refractivity contribution < 1.29 is 14.0 Å². The molecule has 6 heteroatoms. The van der Waals surface area contributed by atoms with E-state index in [-0.39, 0.29) is 0 Å². The first-order valence-corrected chi connectivity index (χ1v) is 14.3. The molecule has 1 aromatic rings. The summed E-state index contributed by atoms with van der Waals surface area (Å²) in [6, 6.07) is 12.9. The smallest absolute Gasteiger partial charge is 0.222 e. The Morgan fingerprint density at radius 3 is 2.00 bits per heavy atom. The van der Waals surface area contributed by atoms with Crippen molar-refractivity contribution >= 4 is 12.3 Å². The lowest BCUT2D eigenvalue weighted by Gasteiger charge is -2.40. The van der Waals surface area contributed by atoms with E-state index in [0.717, 1.165) is 51.7 Å². The van der Waals surface area contributed by atoms with Crippen molar-refractivity contribution in [3.63, 3.8) is 0 Å². The highest BCUT2D eigenvalue weighted by molar-refractivity contribution is 5.76. The van der Waals surface area contributed by atoms with Gasteiger partial charge in [-0.3, -0.25) is 9.59 Å². The molecule has 5 rings (SSSR count). The minimum absolute atomic E-state index is 0.319. The van der Waals surface area contributed by atoms with Gasteiger partial charge in [-0.25, -0.2) is 4.39 Å². The first kappa shape index (κ1) is 30.3. The summed E-state index contributed by atoms with van der Waals surface area (Å²) >= 11 is 0. The van der Waals surface area contributed by atoms with Crippen molar-refractivity contribution in [3.8, 4) is 0 Å². The number of likely N-dealkylation sites (tertiary alicyclic amines) is 2. The predicted octanol–water partition coefficient (Wildman–Crippen LogP) is 6.08. The number of carbonyl (C=O) groups is 2. The molecule has 2 heterocycles. The zero-order chi connectivity index (χ0) is 26.4. The first-order chi connectivity index (χ1) is 17.4. The van der Waals surface area contributed by atoms with Crippen LogP contribution in [0, 0.1) is 0 Å². The van der Waals surface area contributed by atoms with Gasteiger partial charge < -0.3 is 14.7 Å². The van der Waals surface area contributed by atoms with Crippen LogP contribution in [0.3, 0.4) is 0 Å². The number of carbonyl (C=O) groups excluding carboxylic acids is 2. The van der Waals surface area contributed by atoms with Crippen LogP contribution >= 0.6 is 0 Å². The predicted molar refractivity (Wildman–Crippen MR) is 147 cm³/mol. The van der Waals surface area contributed by atoms with Gasteiger partial charge in [0, 0.05) is 43.7 Å². The summed E-state index contributed by atoms with van der Waals surface area (Å²) in [5, 5.41) is 0. The maximum absolute atomic E-state index is 12.8. The van der Waals surface area contributed by atoms with Gasteiger partial charge >= 0.3 is 0 Å². The van der Waals surface area contributed by atoms with Gasteiger partial charge in [0.2, 0.25) is 12.3 Å². The van der Waals surface area contributed by atoms with Crippen molar-refractivity contribution in [1.82, 2.24) is 14.7 Å². The van der Waals surface area contributed by atoms with Crippen molar-refractivity contribution in [1.29, 1.82) is 0 Å². The highest BCUT2D eigenvalue weighted by Gasteiger charge is 2.50. The van der Waals surface area contributed by atoms with Crippen molar-refractivity contribution in [3.05, 3.63) is 36.4 Å². The number of benzene rings is 1. The molecule has 2 saturated carbocycles. The lowest BCUT2D eigenvalue weighted by Crippen LogP contribution is -2.47. The van der Waals surface area contributed by atoms with Gasteiger partial charge in [-0.05, 0) is 78.2 Å². The molecule has 36 heavy (non-hydrogen) atoms. The van der Waals surface area contributed by atoms with Gasteiger partial charge in [0.25, 0.3) is 0 Å². The molecule has 1 unspecified atom stereocenters. The molecule has 0 N–H and O–H groups in total. The molecule has 4 aliphatic rings. The second kappa shape index (κ2) is 16.0. The summed E-state index contributed by atoms with van der Waals surface area (Å²) in [7, 11) is 2.09. The second-order valence-electron chi connectivity index (χ2n) is 10.5. The Morgan fingerprint density at radius 1 is 1.00 bits per heavy atom. The van der Waals surface area contributed by atoms with Crippen molar-refractivity contribution in [2.24, 2.45) is 0 Å². The summed E-state index contributed by atoms with van der Waals surface area (Å²) in [6.07, 6.45) is 11.8. The van der Waals surface area contributed by atoms with Crippen LogP contribution in [0.5, 0.6) is 0 Å². The lowest BCUT2D eigenvalue weighted by molar-refractivity contribution is -0.130. The van der Waals surface area contributed by atoms with E-state index in [1.807, 2.05) is 60.0 Å². The fourth-order valence-electron chi connectivity index (χ4n) is 5.28. The number of alkyl halides is 1. The molecule has 2 aliphatic carbocycles. The molecular formula is C30H50FN3O2. The summed E-state index contributed by atoms with van der Waals surface area (Å²) in [6.45, 7) is 9.10. The van der Waals surface area contributed by atoms with Crippen LogP contribution in [0.1, 0.15) is 91.4 Å². The molecular weight excluding hydrogens is 453 g/mol. The molecule has 1 atom stereocenters. The van der Waals surface area contributed by atoms with Crippen LogP contribution in [0.4, 0.5) is 4.39 Å². The monoisotopic (exact) mass is 503 g/mol. The molecule has 1 spiro atoms. The average molecular weight is 504 g/mol. The highest BCUT2D eigenvalue weighted by Crippen LogP contribution is 2.48. The summed E-state index contributed by atoms with van der Waals surface area (Å²) in [5.74, 6) is 0.319. The van der Waals surface area contributed by atoms with Crippen LogP contribution in [0.2, 0.25) is 0 Å². The van der Waals surface area contributed by atoms with E-state index in [1.54, 1.807) is 0 Å². The van der Waals surface area contributed by atoms with Gasteiger partial charge in [0.15, 0.2) is 0 Å². The molecule has 0 radical (unpaired) electrons. The zero-order valence-corrected chi connectivity index (χ0v) is 23.2. The number of halogens is 1. The summed E-state index contributed by atoms with van der Waals surface area (Å²) in [5.41, 5.74) is 0.377. The first-order valence-electron chi connectivity index (χ1n) is 14.3. The molecule has 5 nitrogen and oxygen atoms in total. The number of rotatable bonds is 7. The van der Waals surface area contributed by atoms with Gasteiger partial charge in [-0.2, -0.15) is 0 Å². The van der Waals surface area contributed by atoms with E-state index in [1.165, 1.54) is 25.7 Å². The van der Waals surface area contributed by atoms with Crippen LogP contribution < -0.4 is 0 Å². The molecule has 2 amide bonds. The minimum Gasteiger partial charge on any atom is -0.343 e.